The van der Waals surface area contributed by atoms with Gasteiger partial charge in [-0.05, 0) is 36.8 Å². The van der Waals surface area contributed by atoms with Gasteiger partial charge in [0.25, 0.3) is 5.91 Å². The molecule has 0 heterocycles. The summed E-state index contributed by atoms with van der Waals surface area (Å²) in [5.74, 6) is 0.0233. The first-order valence-electron chi connectivity index (χ1n) is 6.13. The summed E-state index contributed by atoms with van der Waals surface area (Å²) in [6, 6.07) is 8.27. The van der Waals surface area contributed by atoms with E-state index in [0.717, 1.165) is 5.56 Å². The second-order valence-corrected chi connectivity index (χ2v) is 5.25. The van der Waals surface area contributed by atoms with Crippen LogP contribution in [0.25, 0.3) is 0 Å². The zero-order valence-corrected chi connectivity index (χ0v) is 13.0. The van der Waals surface area contributed by atoms with Crippen LogP contribution in [0.15, 0.2) is 30.3 Å². The van der Waals surface area contributed by atoms with Crippen molar-refractivity contribution >= 4 is 40.5 Å². The highest BCUT2D eigenvalue weighted by molar-refractivity contribution is 6.40. The van der Waals surface area contributed by atoms with Crippen molar-refractivity contribution < 1.29 is 9.53 Å². The summed E-state index contributed by atoms with van der Waals surface area (Å²) in [7, 11) is 1.48. The fraction of sp³-hybridized carbons (Fsp3) is 0.133. The molecule has 0 saturated carbocycles. The molecule has 0 saturated heterocycles. The smallest absolute Gasteiger partial charge is 0.259 e. The van der Waals surface area contributed by atoms with E-state index in [4.69, 9.17) is 33.7 Å². The molecule has 0 unspecified atom stereocenters. The van der Waals surface area contributed by atoms with Gasteiger partial charge in [0, 0.05) is 5.69 Å². The number of amides is 1. The van der Waals surface area contributed by atoms with E-state index in [-0.39, 0.29) is 0 Å². The minimum absolute atomic E-state index is 0.311. The van der Waals surface area contributed by atoms with Crippen LogP contribution in [-0.4, -0.2) is 13.0 Å². The van der Waals surface area contributed by atoms with Gasteiger partial charge >= 0.3 is 0 Å². The molecule has 0 spiro atoms. The van der Waals surface area contributed by atoms with Gasteiger partial charge in [0.05, 0.1) is 28.4 Å². The van der Waals surface area contributed by atoms with Gasteiger partial charge in [-0.25, -0.2) is 0 Å². The number of ether oxygens (including phenoxy) is 1. The number of hydrogen-bond donors (Lipinski definition) is 2. The molecule has 0 radical (unpaired) electrons. The average molecular weight is 325 g/mol. The number of methoxy groups -OCH3 is 1. The number of carbonyl (C=O) groups is 1. The molecule has 2 aromatic rings. The second kappa shape index (κ2) is 6.24. The van der Waals surface area contributed by atoms with Crippen molar-refractivity contribution in [2.75, 3.05) is 18.2 Å². The second-order valence-electron chi connectivity index (χ2n) is 4.47. The summed E-state index contributed by atoms with van der Waals surface area (Å²) in [6.07, 6.45) is 0. The molecule has 0 atom stereocenters. The van der Waals surface area contributed by atoms with Crippen LogP contribution in [0.4, 0.5) is 11.4 Å². The summed E-state index contributed by atoms with van der Waals surface area (Å²) in [5, 5.41) is 3.46. The van der Waals surface area contributed by atoms with Crippen molar-refractivity contribution in [1.29, 1.82) is 0 Å². The SMILES string of the molecule is COc1ccc(N)cc1C(=O)Nc1c(Cl)ccc(C)c1Cl. The van der Waals surface area contributed by atoms with Gasteiger partial charge in [-0.3, -0.25) is 4.79 Å². The predicted molar refractivity (Wildman–Crippen MR) is 86.6 cm³/mol. The Balaban J connectivity index is 2.39. The van der Waals surface area contributed by atoms with Crippen molar-refractivity contribution in [3.05, 3.63) is 51.5 Å². The molecule has 0 aliphatic carbocycles. The highest BCUT2D eigenvalue weighted by atomic mass is 35.5. The number of hydrogen-bond acceptors (Lipinski definition) is 3. The van der Waals surface area contributed by atoms with E-state index in [1.54, 1.807) is 24.3 Å². The van der Waals surface area contributed by atoms with E-state index >= 15 is 0 Å². The average Bonchev–Trinajstić information content (AvgIpc) is 2.47. The zero-order chi connectivity index (χ0) is 15.6. The maximum Gasteiger partial charge on any atom is 0.259 e. The van der Waals surface area contributed by atoms with Crippen LogP contribution in [0.1, 0.15) is 15.9 Å². The van der Waals surface area contributed by atoms with Crippen LogP contribution in [0.5, 0.6) is 5.75 Å². The molecule has 0 aliphatic heterocycles. The van der Waals surface area contributed by atoms with Crippen LogP contribution in [-0.2, 0) is 0 Å². The first-order chi connectivity index (χ1) is 9.93. The summed E-state index contributed by atoms with van der Waals surface area (Å²) >= 11 is 12.3. The Hall–Kier alpha value is -1.91. The lowest BCUT2D eigenvalue weighted by atomic mass is 10.1. The molecule has 3 N–H and O–H groups in total. The maximum atomic E-state index is 12.4. The van der Waals surface area contributed by atoms with Crippen molar-refractivity contribution in [2.45, 2.75) is 6.92 Å². The van der Waals surface area contributed by atoms with E-state index in [2.05, 4.69) is 5.32 Å². The van der Waals surface area contributed by atoms with Gasteiger partial charge in [-0.2, -0.15) is 0 Å². The number of nitrogens with one attached hydrogen (secondary N) is 1. The summed E-state index contributed by atoms with van der Waals surface area (Å²) < 4.78 is 5.16. The lowest BCUT2D eigenvalue weighted by Gasteiger charge is -2.13. The van der Waals surface area contributed by atoms with E-state index in [0.29, 0.717) is 32.7 Å². The number of aryl methyl sites for hydroxylation is 1. The van der Waals surface area contributed by atoms with Crippen LogP contribution < -0.4 is 15.8 Å². The van der Waals surface area contributed by atoms with Crippen molar-refractivity contribution in [3.8, 4) is 5.75 Å². The molecule has 0 fully saturated rings. The first-order valence-corrected chi connectivity index (χ1v) is 6.89. The highest BCUT2D eigenvalue weighted by Crippen LogP contribution is 2.34. The lowest BCUT2D eigenvalue weighted by Crippen LogP contribution is -2.14. The normalized spacial score (nSPS) is 10.3. The molecule has 2 rings (SSSR count). The van der Waals surface area contributed by atoms with Crippen LogP contribution in [0, 0.1) is 6.92 Å². The quantitative estimate of drug-likeness (QED) is 0.834. The van der Waals surface area contributed by atoms with E-state index in [9.17, 15) is 4.79 Å². The Morgan fingerprint density at radius 3 is 2.62 bits per heavy atom. The number of nitrogens with two attached hydrogens (primary N) is 1. The summed E-state index contributed by atoms with van der Waals surface area (Å²) in [6.45, 7) is 1.83. The van der Waals surface area contributed by atoms with E-state index in [1.165, 1.54) is 13.2 Å². The Labute approximate surface area is 132 Å². The Morgan fingerprint density at radius 1 is 1.24 bits per heavy atom. The Bertz CT molecular complexity index is 702. The molecule has 0 aromatic heterocycles. The topological polar surface area (TPSA) is 64.3 Å². The number of nitrogen functional groups attached to an aromatic ring is 1. The summed E-state index contributed by atoms with van der Waals surface area (Å²) in [5.41, 5.74) is 7.67. The van der Waals surface area contributed by atoms with Gasteiger partial charge < -0.3 is 15.8 Å². The van der Waals surface area contributed by atoms with Crippen molar-refractivity contribution in [1.82, 2.24) is 0 Å². The molecule has 2 aromatic carbocycles. The number of halogens is 2. The molecule has 110 valence electrons. The fourth-order valence-corrected chi connectivity index (χ4v) is 2.32. The van der Waals surface area contributed by atoms with Gasteiger partial charge in [-0.15, -0.1) is 0 Å². The van der Waals surface area contributed by atoms with Gasteiger partial charge in [0.15, 0.2) is 0 Å². The van der Waals surface area contributed by atoms with E-state index < -0.39 is 5.91 Å². The van der Waals surface area contributed by atoms with E-state index in [1.807, 2.05) is 6.92 Å². The van der Waals surface area contributed by atoms with Gasteiger partial charge in [0.1, 0.15) is 5.75 Å². The third kappa shape index (κ3) is 3.23. The number of carbonyl (C=O) groups excluding carboxylic acids is 1. The zero-order valence-electron chi connectivity index (χ0n) is 11.5. The molecule has 21 heavy (non-hydrogen) atoms. The molecule has 0 bridgehead atoms. The van der Waals surface area contributed by atoms with Crippen molar-refractivity contribution in [3.63, 3.8) is 0 Å². The number of anilines is 2. The third-order valence-electron chi connectivity index (χ3n) is 2.99. The minimum Gasteiger partial charge on any atom is -0.496 e. The van der Waals surface area contributed by atoms with Crippen molar-refractivity contribution in [2.24, 2.45) is 0 Å². The lowest BCUT2D eigenvalue weighted by molar-refractivity contribution is 0.102. The fourth-order valence-electron chi connectivity index (χ4n) is 1.86. The molecule has 6 heteroatoms. The highest BCUT2D eigenvalue weighted by Gasteiger charge is 2.16. The number of rotatable bonds is 3. The maximum absolute atomic E-state index is 12.4. The monoisotopic (exact) mass is 324 g/mol. The summed E-state index contributed by atoms with van der Waals surface area (Å²) in [4.78, 5) is 12.4. The van der Waals surface area contributed by atoms with Crippen LogP contribution in [0.2, 0.25) is 10.0 Å². The molecular formula is C15H14Cl2N2O2. The molecule has 4 nitrogen and oxygen atoms in total. The number of benzene rings is 2. The van der Waals surface area contributed by atoms with Gasteiger partial charge in [-0.1, -0.05) is 29.3 Å². The third-order valence-corrected chi connectivity index (χ3v) is 3.79. The largest absolute Gasteiger partial charge is 0.496 e. The molecule has 0 aliphatic rings. The standard InChI is InChI=1S/C15H14Cl2N2O2/c1-8-3-5-11(16)14(13(8)17)19-15(20)10-7-9(18)4-6-12(10)21-2/h3-7H,18H2,1-2H3,(H,19,20). The Kier molecular flexibility index (Phi) is 4.60. The van der Waals surface area contributed by atoms with Gasteiger partial charge in [0.2, 0.25) is 0 Å². The first kappa shape index (κ1) is 15.5. The van der Waals surface area contributed by atoms with Crippen LogP contribution >= 0.6 is 23.2 Å². The predicted octanol–water partition coefficient (Wildman–Crippen LogP) is 4.14. The molecule has 1 amide bonds. The molecular weight excluding hydrogens is 311 g/mol. The Morgan fingerprint density at radius 2 is 1.95 bits per heavy atom. The minimum atomic E-state index is -0.395. The van der Waals surface area contributed by atoms with Crippen LogP contribution in [0.3, 0.4) is 0 Å².